The molecular formula is C52H46IrNO2-. The number of ketones is 1. The molecule has 4 heteroatoms. The summed E-state index contributed by atoms with van der Waals surface area (Å²) in [6.45, 7) is 8.07. The van der Waals surface area contributed by atoms with E-state index in [-0.39, 0.29) is 43.5 Å². The number of hydrogen-bond donors (Lipinski definition) is 1. The molecule has 0 aliphatic rings. The van der Waals surface area contributed by atoms with Gasteiger partial charge in [0.05, 0.1) is 5.76 Å². The predicted octanol–water partition coefficient (Wildman–Crippen LogP) is 14.5. The number of aromatic nitrogens is 1. The molecule has 0 aliphatic heterocycles. The molecule has 1 radical (unpaired) electrons. The Morgan fingerprint density at radius 1 is 0.554 bits per heavy atom. The second kappa shape index (κ2) is 16.8. The number of carbonyl (C=O) groups excluding carboxylic acids is 1. The van der Waals surface area contributed by atoms with Crippen LogP contribution in [0.4, 0.5) is 0 Å². The topological polar surface area (TPSA) is 50.2 Å². The van der Waals surface area contributed by atoms with Crippen molar-refractivity contribution in [3.05, 3.63) is 151 Å². The van der Waals surface area contributed by atoms with E-state index in [9.17, 15) is 9.90 Å². The van der Waals surface area contributed by atoms with Crippen LogP contribution in [-0.2, 0) is 24.9 Å². The number of aliphatic hydroxyl groups is 1. The second-order valence-corrected chi connectivity index (χ2v) is 14.8. The van der Waals surface area contributed by atoms with Crippen molar-refractivity contribution < 1.29 is 30.0 Å². The summed E-state index contributed by atoms with van der Waals surface area (Å²) in [7, 11) is 0. The molecule has 9 aromatic rings. The van der Waals surface area contributed by atoms with Gasteiger partial charge in [-0.05, 0) is 120 Å². The van der Waals surface area contributed by atoms with E-state index in [2.05, 4.69) is 133 Å². The van der Waals surface area contributed by atoms with Crippen LogP contribution in [0.2, 0.25) is 0 Å². The molecule has 0 amide bonds. The third-order valence-electron chi connectivity index (χ3n) is 11.6. The molecule has 0 saturated carbocycles. The third kappa shape index (κ3) is 7.57. The van der Waals surface area contributed by atoms with Gasteiger partial charge in [-0.15, -0.1) is 23.6 Å². The van der Waals surface area contributed by atoms with Gasteiger partial charge in [-0.1, -0.05) is 129 Å². The van der Waals surface area contributed by atoms with E-state index in [1.165, 1.54) is 76.1 Å². The number of pyridine rings is 1. The monoisotopic (exact) mass is 909 g/mol. The quantitative estimate of drug-likeness (QED) is 0.0750. The normalized spacial score (nSPS) is 11.9. The Labute approximate surface area is 342 Å². The van der Waals surface area contributed by atoms with Crippen molar-refractivity contribution in [2.45, 2.75) is 53.4 Å². The van der Waals surface area contributed by atoms with Crippen molar-refractivity contribution in [1.29, 1.82) is 0 Å². The number of fused-ring (bicyclic) bond motifs is 12. The fourth-order valence-corrected chi connectivity index (χ4v) is 8.12. The van der Waals surface area contributed by atoms with Crippen molar-refractivity contribution in [2.75, 3.05) is 0 Å². The zero-order valence-electron chi connectivity index (χ0n) is 32.4. The second-order valence-electron chi connectivity index (χ2n) is 14.8. The number of benzene rings is 7. The number of aliphatic hydroxyl groups excluding tert-OH is 1. The molecule has 0 unspecified atom stereocenters. The molecule has 3 nitrogen and oxygen atoms in total. The number of rotatable bonds is 7. The maximum absolute atomic E-state index is 11.7. The molecule has 1 N–H and O–H groups in total. The molecule has 1 aromatic heterocycles. The minimum absolute atomic E-state index is 0. The molecule has 56 heavy (non-hydrogen) atoms. The molecule has 0 atom stereocenters. The van der Waals surface area contributed by atoms with Gasteiger partial charge in [-0.3, -0.25) is 4.79 Å². The largest absolute Gasteiger partial charge is 0.512 e. The minimum atomic E-state index is 0. The smallest absolute Gasteiger partial charge is 0.162 e. The van der Waals surface area contributed by atoms with Gasteiger partial charge >= 0.3 is 0 Å². The first-order valence-corrected chi connectivity index (χ1v) is 19.7. The summed E-state index contributed by atoms with van der Waals surface area (Å²) in [5.41, 5.74) is 0.941. The van der Waals surface area contributed by atoms with Crippen LogP contribution >= 0.6 is 0 Å². The van der Waals surface area contributed by atoms with Gasteiger partial charge in [0.15, 0.2) is 5.78 Å². The van der Waals surface area contributed by atoms with Crippen LogP contribution in [-0.4, -0.2) is 15.9 Å². The Balaban J connectivity index is 0.000000259. The maximum atomic E-state index is 11.7. The van der Waals surface area contributed by atoms with Crippen molar-refractivity contribution in [3.8, 4) is 0 Å². The Kier molecular flexibility index (Phi) is 11.6. The zero-order valence-corrected chi connectivity index (χ0v) is 34.8. The van der Waals surface area contributed by atoms with Gasteiger partial charge in [0.25, 0.3) is 0 Å². The first-order chi connectivity index (χ1) is 26.9. The van der Waals surface area contributed by atoms with Crippen LogP contribution in [0.3, 0.4) is 0 Å². The maximum Gasteiger partial charge on any atom is 0.162 e. The molecule has 281 valence electrons. The van der Waals surface area contributed by atoms with Gasteiger partial charge in [0.2, 0.25) is 0 Å². The summed E-state index contributed by atoms with van der Waals surface area (Å²) in [6.07, 6.45) is 6.91. The van der Waals surface area contributed by atoms with Crippen LogP contribution in [0.15, 0.2) is 145 Å². The Bertz CT molecular complexity index is 2800. The van der Waals surface area contributed by atoms with Gasteiger partial charge < -0.3 is 10.1 Å². The molecule has 0 aliphatic carbocycles. The molecule has 9 rings (SSSR count). The van der Waals surface area contributed by atoms with Crippen LogP contribution in [0.1, 0.15) is 53.4 Å². The van der Waals surface area contributed by atoms with E-state index in [1.54, 1.807) is 0 Å². The summed E-state index contributed by atoms with van der Waals surface area (Å²) < 4.78 is 0. The van der Waals surface area contributed by atoms with Crippen molar-refractivity contribution >= 4 is 92.1 Å². The minimum Gasteiger partial charge on any atom is -0.512 e. The predicted molar refractivity (Wildman–Crippen MR) is 236 cm³/mol. The molecular weight excluding hydrogens is 863 g/mol. The van der Waals surface area contributed by atoms with Crippen LogP contribution in [0.5, 0.6) is 0 Å². The average Bonchev–Trinajstić information content (AvgIpc) is 3.23. The molecule has 8 aromatic carbocycles. The van der Waals surface area contributed by atoms with Crippen molar-refractivity contribution in [1.82, 2.24) is 4.98 Å². The first kappa shape index (κ1) is 38.8. The summed E-state index contributed by atoms with van der Waals surface area (Å²) in [6, 6.07) is 50.3. The molecule has 0 fully saturated rings. The zero-order chi connectivity index (χ0) is 38.1. The van der Waals surface area contributed by atoms with Gasteiger partial charge in [0, 0.05) is 44.2 Å². The van der Waals surface area contributed by atoms with E-state index in [1.807, 2.05) is 33.9 Å². The fraction of sp³-hybridized carbons (Fsp3) is 0.192. The van der Waals surface area contributed by atoms with Gasteiger partial charge in [-0.25, -0.2) is 0 Å². The Morgan fingerprint density at radius 3 is 1.50 bits per heavy atom. The van der Waals surface area contributed by atoms with Crippen LogP contribution in [0.25, 0.3) is 86.3 Å². The number of nitrogens with zero attached hydrogens (tertiary/aromatic N) is 1. The average molecular weight is 909 g/mol. The van der Waals surface area contributed by atoms with Gasteiger partial charge in [-0.2, -0.15) is 0 Å². The fourth-order valence-electron chi connectivity index (χ4n) is 8.12. The van der Waals surface area contributed by atoms with Crippen molar-refractivity contribution in [2.24, 2.45) is 11.8 Å². The van der Waals surface area contributed by atoms with E-state index in [0.29, 0.717) is 0 Å². The number of carbonyl (C=O) groups is 1. The summed E-state index contributed by atoms with van der Waals surface area (Å²) >= 11 is 0. The SMILES string of the molecule is CCC(CC)C(=O)/C=C(\O)C(CC)CC.[Ir].[c-]1cc2ccc3ccc4cc3c2cc1c1cc2c(ccc3ccc(cc32)c2cccc(c2)c2cccc4c2)cn1. The van der Waals surface area contributed by atoms with E-state index < -0.39 is 0 Å². The van der Waals surface area contributed by atoms with E-state index in [4.69, 9.17) is 4.98 Å². The Morgan fingerprint density at radius 2 is 0.982 bits per heavy atom. The molecule has 1 heterocycles. The third-order valence-corrected chi connectivity index (χ3v) is 11.6. The van der Waals surface area contributed by atoms with Crippen LogP contribution < -0.4 is 0 Å². The standard InChI is InChI=1S/C39H22N.C13H24O2.Ir/c1-3-27-17-29(5-1)31-13-9-24-7-8-25-11-15-33(21-37(25)35(24)19-31)39-22-38-34(23-40-39)16-12-26-10-14-32(20-36(26)38)30-6-2-4-28(27)18-30;1-5-10(6-2)12(14)9-13(15)11(7-3)8-4;/h1-14,16-23H;9-11,14H,5-8H2,1-4H3;/q-1;;/b;12-9-;. The first-order valence-electron chi connectivity index (χ1n) is 19.7. The molecule has 0 saturated heterocycles. The summed E-state index contributed by atoms with van der Waals surface area (Å²) in [4.78, 5) is 16.6. The summed E-state index contributed by atoms with van der Waals surface area (Å²) in [5, 5.41) is 27.8. The number of allylic oxidation sites excluding steroid dienone is 2. The van der Waals surface area contributed by atoms with Crippen LogP contribution in [0, 0.1) is 17.9 Å². The Hall–Kier alpha value is -5.41. The van der Waals surface area contributed by atoms with Crippen molar-refractivity contribution in [3.63, 3.8) is 0 Å². The number of hydrogen-bond acceptors (Lipinski definition) is 3. The van der Waals surface area contributed by atoms with E-state index in [0.717, 1.165) is 42.0 Å². The summed E-state index contributed by atoms with van der Waals surface area (Å²) in [5.74, 6) is 0.547. The van der Waals surface area contributed by atoms with E-state index >= 15 is 0 Å². The molecule has 0 spiro atoms. The molecule has 12 bridgehead atoms. The van der Waals surface area contributed by atoms with Gasteiger partial charge in [0.1, 0.15) is 0 Å².